The number of fused-ring (bicyclic) bond motifs is 1. The van der Waals surface area contributed by atoms with Crippen LogP contribution >= 0.6 is 0 Å². The molecule has 1 fully saturated rings. The molecule has 1 saturated heterocycles. The van der Waals surface area contributed by atoms with E-state index >= 15 is 0 Å². The summed E-state index contributed by atoms with van der Waals surface area (Å²) in [6.07, 6.45) is 3.06. The van der Waals surface area contributed by atoms with Crippen LogP contribution in [-0.2, 0) is 4.74 Å². The minimum atomic E-state index is -0.401. The van der Waals surface area contributed by atoms with Crippen LogP contribution in [0, 0.1) is 5.92 Å². The van der Waals surface area contributed by atoms with Gasteiger partial charge in [0, 0.05) is 17.3 Å². The van der Waals surface area contributed by atoms with Crippen molar-refractivity contribution in [1.29, 1.82) is 0 Å². The van der Waals surface area contributed by atoms with Gasteiger partial charge in [-0.15, -0.1) is 0 Å². The van der Waals surface area contributed by atoms with Gasteiger partial charge in [0.1, 0.15) is 18.3 Å². The number of nitrogens with two attached hydrogens (primary N) is 1. The van der Waals surface area contributed by atoms with Gasteiger partial charge in [0.05, 0.1) is 12.2 Å². The summed E-state index contributed by atoms with van der Waals surface area (Å²) in [5.41, 5.74) is 10.5. The van der Waals surface area contributed by atoms with Crippen molar-refractivity contribution in [3.8, 4) is 11.1 Å². The molecule has 1 aliphatic rings. The molecule has 0 saturated carbocycles. The number of hydrogen-bond donors (Lipinski definition) is 2. The Morgan fingerprint density at radius 1 is 1.29 bits per heavy atom. The predicted octanol–water partition coefficient (Wildman–Crippen LogP) is 2.40. The summed E-state index contributed by atoms with van der Waals surface area (Å²) >= 11 is 0. The zero-order chi connectivity index (χ0) is 22.1. The molecule has 160 valence electrons. The number of ether oxygens (including phenoxy) is 1. The van der Waals surface area contributed by atoms with Crippen LogP contribution in [-0.4, -0.2) is 45.1 Å². The van der Waals surface area contributed by atoms with Crippen molar-refractivity contribution in [3.05, 3.63) is 48.3 Å². The van der Waals surface area contributed by atoms with Crippen molar-refractivity contribution in [2.45, 2.75) is 26.8 Å². The molecule has 3 heterocycles. The van der Waals surface area contributed by atoms with Crippen molar-refractivity contribution in [3.63, 3.8) is 0 Å². The Morgan fingerprint density at radius 3 is 2.71 bits per heavy atom. The van der Waals surface area contributed by atoms with Gasteiger partial charge in [0.25, 0.3) is 5.91 Å². The highest BCUT2D eigenvalue weighted by molar-refractivity contribution is 5.95. The number of hydrazone groups is 1. The van der Waals surface area contributed by atoms with Gasteiger partial charge >= 0.3 is 6.09 Å². The van der Waals surface area contributed by atoms with Gasteiger partial charge in [-0.2, -0.15) is 10.2 Å². The van der Waals surface area contributed by atoms with E-state index in [0.717, 1.165) is 11.1 Å². The van der Waals surface area contributed by atoms with Crippen molar-refractivity contribution < 1.29 is 14.3 Å². The number of amides is 2. The normalized spacial score (nSPS) is 16.8. The molecule has 31 heavy (non-hydrogen) atoms. The molecule has 1 unspecified atom stereocenters. The third kappa shape index (κ3) is 3.91. The number of amidine groups is 1. The smallest absolute Gasteiger partial charge is 0.415 e. The number of carbonyl (C=O) groups is 2. The van der Waals surface area contributed by atoms with Crippen molar-refractivity contribution in [1.82, 2.24) is 20.0 Å². The Balaban J connectivity index is 1.66. The molecule has 4 rings (SSSR count). The van der Waals surface area contributed by atoms with E-state index < -0.39 is 6.09 Å². The number of carbonyl (C=O) groups excluding carboxylic acids is 2. The van der Waals surface area contributed by atoms with Crippen LogP contribution in [0.25, 0.3) is 16.8 Å². The van der Waals surface area contributed by atoms with E-state index in [2.05, 4.69) is 15.6 Å². The number of nitrogens with one attached hydrogen (secondary N) is 1. The van der Waals surface area contributed by atoms with Crippen LogP contribution in [0.1, 0.15) is 31.1 Å². The Kier molecular flexibility index (Phi) is 5.28. The summed E-state index contributed by atoms with van der Waals surface area (Å²) in [5.74, 6) is 0.644. The molecule has 1 aliphatic heterocycles. The highest BCUT2D eigenvalue weighted by atomic mass is 16.6. The van der Waals surface area contributed by atoms with E-state index in [1.54, 1.807) is 59.1 Å². The average molecular weight is 421 g/mol. The lowest BCUT2D eigenvalue weighted by Gasteiger charge is -2.23. The number of rotatable bonds is 5. The van der Waals surface area contributed by atoms with Gasteiger partial charge in [0.2, 0.25) is 0 Å². The van der Waals surface area contributed by atoms with Gasteiger partial charge < -0.3 is 10.5 Å². The van der Waals surface area contributed by atoms with E-state index in [1.807, 2.05) is 13.8 Å². The first-order valence-electron chi connectivity index (χ1n) is 9.86. The number of anilines is 1. The van der Waals surface area contributed by atoms with Gasteiger partial charge in [-0.3, -0.25) is 9.69 Å². The van der Waals surface area contributed by atoms with E-state index in [-0.39, 0.29) is 23.7 Å². The van der Waals surface area contributed by atoms with Crippen LogP contribution in [0.2, 0.25) is 0 Å². The molecule has 0 aliphatic carbocycles. The Hall–Kier alpha value is -3.95. The molecule has 2 amide bonds. The molecular weight excluding hydrogens is 398 g/mol. The zero-order valence-electron chi connectivity index (χ0n) is 17.4. The van der Waals surface area contributed by atoms with E-state index in [1.165, 1.54) is 0 Å². The maximum atomic E-state index is 12.3. The fourth-order valence-corrected chi connectivity index (χ4v) is 3.39. The number of nitrogens with zero attached hydrogens (tertiary/aromatic N) is 5. The molecule has 1 atom stereocenters. The van der Waals surface area contributed by atoms with Crippen molar-refractivity contribution in [2.75, 3.05) is 11.5 Å². The van der Waals surface area contributed by atoms with Gasteiger partial charge in [-0.05, 0) is 36.6 Å². The number of aromatic nitrogens is 3. The maximum absolute atomic E-state index is 12.3. The third-order valence-corrected chi connectivity index (χ3v) is 5.07. The van der Waals surface area contributed by atoms with Gasteiger partial charge in [-0.25, -0.2) is 19.7 Å². The second kappa shape index (κ2) is 8.05. The summed E-state index contributed by atoms with van der Waals surface area (Å²) in [7, 11) is 0. The molecule has 0 radical (unpaired) electrons. The largest absolute Gasteiger partial charge is 0.447 e. The first-order chi connectivity index (χ1) is 14.8. The fourth-order valence-electron chi connectivity index (χ4n) is 3.39. The van der Waals surface area contributed by atoms with E-state index in [4.69, 9.17) is 15.5 Å². The Morgan fingerprint density at radius 2 is 2.03 bits per heavy atom. The van der Waals surface area contributed by atoms with E-state index in [9.17, 15) is 9.59 Å². The average Bonchev–Trinajstić information content (AvgIpc) is 3.35. The van der Waals surface area contributed by atoms with Crippen LogP contribution < -0.4 is 16.1 Å². The minimum Gasteiger partial charge on any atom is -0.447 e. The number of cyclic esters (lactones) is 1. The lowest BCUT2D eigenvalue weighted by Crippen LogP contribution is -2.37. The lowest BCUT2D eigenvalue weighted by molar-refractivity contribution is 0.0954. The molecule has 10 heteroatoms. The highest BCUT2D eigenvalue weighted by Gasteiger charge is 2.37. The maximum Gasteiger partial charge on any atom is 0.415 e. The van der Waals surface area contributed by atoms with Crippen molar-refractivity contribution in [2.24, 2.45) is 16.8 Å². The van der Waals surface area contributed by atoms with Gasteiger partial charge in [-0.1, -0.05) is 26.0 Å². The van der Waals surface area contributed by atoms with Crippen LogP contribution in [0.3, 0.4) is 0 Å². The van der Waals surface area contributed by atoms with E-state index in [0.29, 0.717) is 23.6 Å². The SMILES string of the molecule is CC(N)=NNC(=O)c1ccc(-c2cnn3ccc(N4C(=O)OCC4C(C)C)nc23)cc1. The standard InChI is InChI=1S/C21H23N7O3/c1-12(2)17-11-31-21(30)28(17)18-8-9-27-19(24-18)16(10-23-27)14-4-6-15(7-5-14)20(29)26-25-13(3)22/h4-10,12,17H,11H2,1-3H3,(H2,22,25)(H,26,29). The Bertz CT molecular complexity index is 1160. The van der Waals surface area contributed by atoms with Crippen LogP contribution in [0.4, 0.5) is 10.6 Å². The van der Waals surface area contributed by atoms with Crippen LogP contribution in [0.5, 0.6) is 0 Å². The topological polar surface area (TPSA) is 127 Å². The van der Waals surface area contributed by atoms with Gasteiger partial charge in [0.15, 0.2) is 5.65 Å². The first kappa shape index (κ1) is 20.3. The molecule has 3 aromatic rings. The Labute approximate surface area is 178 Å². The summed E-state index contributed by atoms with van der Waals surface area (Å²) in [5, 5.41) is 8.07. The summed E-state index contributed by atoms with van der Waals surface area (Å²) in [4.78, 5) is 30.7. The van der Waals surface area contributed by atoms with Crippen LogP contribution in [0.15, 0.2) is 47.8 Å². The third-order valence-electron chi connectivity index (χ3n) is 5.07. The summed E-state index contributed by atoms with van der Waals surface area (Å²) in [6, 6.07) is 8.66. The molecule has 2 aromatic heterocycles. The zero-order valence-corrected chi connectivity index (χ0v) is 17.4. The molecule has 0 spiro atoms. The summed E-state index contributed by atoms with van der Waals surface area (Å²) in [6.45, 7) is 6.01. The predicted molar refractivity (Wildman–Crippen MR) is 116 cm³/mol. The van der Waals surface area contributed by atoms with Crippen molar-refractivity contribution >= 4 is 29.3 Å². The highest BCUT2D eigenvalue weighted by Crippen LogP contribution is 2.29. The number of benzene rings is 1. The second-order valence-corrected chi connectivity index (χ2v) is 7.64. The summed E-state index contributed by atoms with van der Waals surface area (Å²) < 4.78 is 6.88. The first-order valence-corrected chi connectivity index (χ1v) is 9.86. The lowest BCUT2D eigenvalue weighted by atomic mass is 10.0. The fraction of sp³-hybridized carbons (Fsp3) is 0.286. The quantitative estimate of drug-likeness (QED) is 0.370. The molecule has 0 bridgehead atoms. The molecule has 3 N–H and O–H groups in total. The molecular formula is C21H23N7O3. The second-order valence-electron chi connectivity index (χ2n) is 7.64. The molecule has 1 aromatic carbocycles. The molecule has 10 nitrogen and oxygen atoms in total. The monoisotopic (exact) mass is 421 g/mol. The minimum absolute atomic E-state index is 0.0774. The number of hydrogen-bond acceptors (Lipinski definition) is 6.